The third-order valence-corrected chi connectivity index (χ3v) is 12.4. The lowest BCUT2D eigenvalue weighted by Gasteiger charge is -2.12. The lowest BCUT2D eigenvalue weighted by atomic mass is 9.91. The van der Waals surface area contributed by atoms with E-state index in [-0.39, 0.29) is 0 Å². The molecule has 0 saturated carbocycles. The molecule has 0 aliphatic rings. The van der Waals surface area contributed by atoms with Gasteiger partial charge in [-0.25, -0.2) is 0 Å². The van der Waals surface area contributed by atoms with Crippen molar-refractivity contribution in [3.8, 4) is 44.5 Å². The Morgan fingerprint density at radius 2 is 0.607 bits per heavy atom. The third-order valence-electron chi connectivity index (χ3n) is 12.4. The van der Waals surface area contributed by atoms with Gasteiger partial charge in [0.1, 0.15) is 0 Å². The molecule has 0 atom stereocenters. The zero-order valence-corrected chi connectivity index (χ0v) is 30.4. The summed E-state index contributed by atoms with van der Waals surface area (Å²) >= 11 is 0. The minimum Gasteiger partial charge on any atom is -0.308 e. The molecule has 0 fully saturated rings. The maximum atomic E-state index is 2.54. The smallest absolute Gasteiger partial charge is 0.0626 e. The predicted octanol–water partition coefficient (Wildman–Crippen LogP) is 14.7. The van der Waals surface area contributed by atoms with Gasteiger partial charge in [-0.15, -0.1) is 0 Å². The van der Waals surface area contributed by atoms with E-state index in [1.165, 1.54) is 121 Å². The van der Waals surface area contributed by atoms with Gasteiger partial charge in [-0.3, -0.25) is 0 Å². The highest BCUT2D eigenvalue weighted by molar-refractivity contribution is 6.32. The molecule has 4 heterocycles. The molecule has 2 nitrogen and oxygen atoms in total. The molecule has 13 rings (SSSR count). The van der Waals surface area contributed by atoms with Crippen molar-refractivity contribution < 1.29 is 0 Å². The number of benzene rings is 9. The van der Waals surface area contributed by atoms with Crippen LogP contribution in [0.4, 0.5) is 0 Å². The van der Waals surface area contributed by atoms with Gasteiger partial charge in [0.2, 0.25) is 0 Å². The number of hydrogen-bond acceptors (Lipinski definition) is 0. The van der Waals surface area contributed by atoms with Crippen molar-refractivity contribution in [3.05, 3.63) is 194 Å². The minimum atomic E-state index is 1.23. The maximum Gasteiger partial charge on any atom is 0.0626 e. The van der Waals surface area contributed by atoms with Crippen LogP contribution in [0.5, 0.6) is 0 Å². The molecule has 2 heteroatoms. The second-order valence-corrected chi connectivity index (χ2v) is 15.2. The monoisotopic (exact) mass is 708 g/mol. The molecule has 13 aromatic rings. The fraction of sp³-hybridized carbons (Fsp3) is 0. The van der Waals surface area contributed by atoms with E-state index in [1.807, 2.05) is 0 Å². The van der Waals surface area contributed by atoms with E-state index in [0.29, 0.717) is 0 Å². The summed E-state index contributed by atoms with van der Waals surface area (Å²) < 4.78 is 5.08. The summed E-state index contributed by atoms with van der Waals surface area (Å²) in [4.78, 5) is 0. The summed E-state index contributed by atoms with van der Waals surface area (Å²) in [6.07, 6.45) is 0. The highest BCUT2D eigenvalue weighted by atomic mass is 14.9. The van der Waals surface area contributed by atoms with Crippen molar-refractivity contribution in [1.82, 2.24) is 8.80 Å². The third kappa shape index (κ3) is 3.85. The molecule has 4 aromatic heterocycles. The Balaban J connectivity index is 1.14. The average Bonchev–Trinajstić information content (AvgIpc) is 4.00. The van der Waals surface area contributed by atoms with Crippen molar-refractivity contribution >= 4 is 76.2 Å². The Labute approximate surface area is 322 Å². The van der Waals surface area contributed by atoms with Gasteiger partial charge in [0, 0.05) is 43.1 Å². The van der Waals surface area contributed by atoms with Gasteiger partial charge < -0.3 is 8.80 Å². The van der Waals surface area contributed by atoms with Crippen LogP contribution in [0.25, 0.3) is 121 Å². The first-order valence-electron chi connectivity index (χ1n) is 19.4. The fourth-order valence-corrected chi connectivity index (χ4v) is 10.1. The van der Waals surface area contributed by atoms with E-state index in [0.717, 1.165) is 0 Å². The molecule has 0 amide bonds. The van der Waals surface area contributed by atoms with Crippen LogP contribution in [0.15, 0.2) is 194 Å². The van der Waals surface area contributed by atoms with E-state index in [4.69, 9.17) is 0 Å². The highest BCUT2D eigenvalue weighted by Crippen LogP contribution is 2.49. The fourth-order valence-electron chi connectivity index (χ4n) is 10.1. The summed E-state index contributed by atoms with van der Waals surface area (Å²) in [6.45, 7) is 0. The van der Waals surface area contributed by atoms with Crippen molar-refractivity contribution in [1.29, 1.82) is 0 Å². The van der Waals surface area contributed by atoms with Gasteiger partial charge >= 0.3 is 0 Å². The molecule has 0 spiro atoms. The van der Waals surface area contributed by atoms with Crippen LogP contribution < -0.4 is 0 Å². The summed E-state index contributed by atoms with van der Waals surface area (Å²) in [7, 11) is 0. The first-order chi connectivity index (χ1) is 27.8. The van der Waals surface area contributed by atoms with Gasteiger partial charge in [0.25, 0.3) is 0 Å². The van der Waals surface area contributed by atoms with E-state index in [1.54, 1.807) is 0 Å². The summed E-state index contributed by atoms with van der Waals surface area (Å²) in [5.74, 6) is 0. The molecule has 0 bridgehead atoms. The van der Waals surface area contributed by atoms with Gasteiger partial charge in [0.15, 0.2) is 0 Å². The largest absolute Gasteiger partial charge is 0.308 e. The summed E-state index contributed by atoms with van der Waals surface area (Å²) in [6, 6.07) is 71.7. The number of nitrogens with zero attached hydrogens (tertiary/aromatic N) is 2. The molecular weight excluding hydrogens is 677 g/mol. The average molecular weight is 709 g/mol. The molecule has 0 saturated heterocycles. The number of aromatic nitrogens is 2. The summed E-state index contributed by atoms with van der Waals surface area (Å²) in [5, 5.41) is 10.3. The Kier molecular flexibility index (Phi) is 5.92. The van der Waals surface area contributed by atoms with E-state index < -0.39 is 0 Å². The lowest BCUT2D eigenvalue weighted by Crippen LogP contribution is -1.86. The van der Waals surface area contributed by atoms with Crippen LogP contribution in [-0.4, -0.2) is 8.80 Å². The van der Waals surface area contributed by atoms with Gasteiger partial charge in [0.05, 0.1) is 33.1 Å². The van der Waals surface area contributed by atoms with Gasteiger partial charge in [-0.05, 0) is 68.8 Å². The molecule has 258 valence electrons. The second kappa shape index (κ2) is 11.1. The van der Waals surface area contributed by atoms with Crippen LogP contribution in [0.2, 0.25) is 0 Å². The van der Waals surface area contributed by atoms with Crippen LogP contribution in [-0.2, 0) is 0 Å². The predicted molar refractivity (Wildman–Crippen MR) is 238 cm³/mol. The number of fused-ring (bicyclic) bond motifs is 12. The standard InChI is InChI=1S/C54H32N2/c1-3-15-33(16-4-1)35-19-7-9-21-37(35)39-27-29-41-45-31-50-46(32-49(45)55-47-25-13-11-23-43(47)51(39)53(41)55)42-30-28-40(52-44-24-12-14-26-48(44)56(50)54(42)52)38-22-10-8-20-36(38)34-17-5-2-6-18-34/h1-32H. The molecule has 0 aliphatic heterocycles. The number of rotatable bonds is 4. The maximum absolute atomic E-state index is 2.54. The van der Waals surface area contributed by atoms with E-state index in [2.05, 4.69) is 203 Å². The number of hydrogen-bond donors (Lipinski definition) is 0. The van der Waals surface area contributed by atoms with Crippen molar-refractivity contribution in [3.63, 3.8) is 0 Å². The Bertz CT molecular complexity index is 3430. The van der Waals surface area contributed by atoms with Gasteiger partial charge in [-0.2, -0.15) is 0 Å². The van der Waals surface area contributed by atoms with Crippen LogP contribution in [0.3, 0.4) is 0 Å². The van der Waals surface area contributed by atoms with E-state index >= 15 is 0 Å². The Morgan fingerprint density at radius 3 is 1.05 bits per heavy atom. The molecule has 0 unspecified atom stereocenters. The Hall–Kier alpha value is -7.42. The van der Waals surface area contributed by atoms with E-state index in [9.17, 15) is 0 Å². The molecule has 0 N–H and O–H groups in total. The van der Waals surface area contributed by atoms with Crippen LogP contribution in [0.1, 0.15) is 0 Å². The van der Waals surface area contributed by atoms with Gasteiger partial charge in [-0.1, -0.05) is 170 Å². The second-order valence-electron chi connectivity index (χ2n) is 15.2. The quantitative estimate of drug-likeness (QED) is 0.172. The topological polar surface area (TPSA) is 8.82 Å². The molecular formula is C54H32N2. The van der Waals surface area contributed by atoms with Crippen LogP contribution >= 0.6 is 0 Å². The Morgan fingerprint density at radius 1 is 0.232 bits per heavy atom. The zero-order valence-electron chi connectivity index (χ0n) is 30.4. The molecule has 9 aromatic carbocycles. The minimum absolute atomic E-state index is 1.23. The molecule has 0 aliphatic carbocycles. The zero-order chi connectivity index (χ0) is 36.5. The highest BCUT2D eigenvalue weighted by Gasteiger charge is 2.26. The molecule has 0 radical (unpaired) electrons. The van der Waals surface area contributed by atoms with Crippen molar-refractivity contribution in [2.45, 2.75) is 0 Å². The van der Waals surface area contributed by atoms with Crippen molar-refractivity contribution in [2.24, 2.45) is 0 Å². The summed E-state index contributed by atoms with van der Waals surface area (Å²) in [5.41, 5.74) is 17.6. The number of para-hydroxylation sites is 2. The van der Waals surface area contributed by atoms with Crippen LogP contribution in [0, 0.1) is 0 Å². The molecule has 56 heavy (non-hydrogen) atoms. The first kappa shape index (κ1) is 30.0. The normalized spacial score (nSPS) is 12.3. The SMILES string of the molecule is c1ccc(-c2ccccc2-c2ccc3c4cc5c(cc4n4c6ccccc6c2c34)c2ccc(-c3ccccc3-c3ccccc3)c3c4ccccc4n5c23)cc1. The first-order valence-corrected chi connectivity index (χ1v) is 19.4. The lowest BCUT2D eigenvalue weighted by molar-refractivity contribution is 1.36. The van der Waals surface area contributed by atoms with Crippen molar-refractivity contribution in [2.75, 3.05) is 0 Å².